The number of carbonyl (C=O) groups is 1. The fraction of sp³-hybridized carbons (Fsp3) is 0.929. The zero-order chi connectivity index (χ0) is 13.2. The Kier molecular flexibility index (Phi) is 6.09. The molecule has 2 rings (SSSR count). The van der Waals surface area contributed by atoms with Crippen LogP contribution in [-0.4, -0.2) is 60.5 Å². The molecule has 0 spiro atoms. The van der Waals surface area contributed by atoms with E-state index < -0.39 is 0 Å². The zero-order valence-corrected chi connectivity index (χ0v) is 13.3. The summed E-state index contributed by atoms with van der Waals surface area (Å²) in [6.45, 7) is 12.6. The van der Waals surface area contributed by atoms with Crippen LogP contribution in [0, 0.1) is 5.92 Å². The summed E-state index contributed by atoms with van der Waals surface area (Å²) < 4.78 is 0. The number of carbonyl (C=O) groups excluding carboxylic acids is 1. The predicted molar refractivity (Wildman–Crippen MR) is 80.7 cm³/mol. The summed E-state index contributed by atoms with van der Waals surface area (Å²) in [6.07, 6.45) is 1.92. The van der Waals surface area contributed by atoms with Crippen LogP contribution in [0.1, 0.15) is 33.6 Å². The van der Waals surface area contributed by atoms with Crippen LogP contribution in [0.15, 0.2) is 0 Å². The third-order valence-corrected chi connectivity index (χ3v) is 4.30. The van der Waals surface area contributed by atoms with E-state index in [-0.39, 0.29) is 17.9 Å². The van der Waals surface area contributed by atoms with Crippen LogP contribution in [0.2, 0.25) is 0 Å². The van der Waals surface area contributed by atoms with Crippen LogP contribution in [-0.2, 0) is 4.79 Å². The van der Waals surface area contributed by atoms with E-state index in [0.29, 0.717) is 12.3 Å². The van der Waals surface area contributed by atoms with Gasteiger partial charge in [0, 0.05) is 51.2 Å². The fourth-order valence-corrected chi connectivity index (χ4v) is 3.37. The second kappa shape index (κ2) is 6.91. The molecule has 112 valence electrons. The molecule has 1 N–H and O–H groups in total. The normalized spacial score (nSPS) is 27.1. The second-order valence-electron chi connectivity index (χ2n) is 6.45. The first-order chi connectivity index (χ1) is 8.49. The standard InChI is InChI=1S/C14H27N3O.ClH/c1-12-10-14(2,3)17(11-12)7-4-13(18)16-8-5-15-6-9-16;/h12,15H,4-11H2,1-3H3;1H. The third-order valence-electron chi connectivity index (χ3n) is 4.30. The first-order valence-corrected chi connectivity index (χ1v) is 7.22. The van der Waals surface area contributed by atoms with Crippen LogP contribution in [0.3, 0.4) is 0 Å². The quantitative estimate of drug-likeness (QED) is 0.852. The van der Waals surface area contributed by atoms with Crippen molar-refractivity contribution in [1.29, 1.82) is 0 Å². The van der Waals surface area contributed by atoms with Crippen molar-refractivity contribution in [1.82, 2.24) is 15.1 Å². The summed E-state index contributed by atoms with van der Waals surface area (Å²) in [4.78, 5) is 16.6. The highest BCUT2D eigenvalue weighted by molar-refractivity contribution is 5.85. The van der Waals surface area contributed by atoms with Gasteiger partial charge in [-0.1, -0.05) is 6.92 Å². The number of amides is 1. The molecule has 2 saturated heterocycles. The minimum Gasteiger partial charge on any atom is -0.340 e. The molecular weight excluding hydrogens is 262 g/mol. The number of halogens is 1. The van der Waals surface area contributed by atoms with E-state index in [4.69, 9.17) is 0 Å². The van der Waals surface area contributed by atoms with Gasteiger partial charge < -0.3 is 10.2 Å². The molecule has 0 bridgehead atoms. The number of likely N-dealkylation sites (tertiary alicyclic amines) is 1. The molecule has 0 aromatic rings. The van der Waals surface area contributed by atoms with Crippen molar-refractivity contribution in [2.45, 2.75) is 39.2 Å². The van der Waals surface area contributed by atoms with Gasteiger partial charge in [-0.25, -0.2) is 0 Å². The third kappa shape index (κ3) is 4.33. The topological polar surface area (TPSA) is 35.6 Å². The highest BCUT2D eigenvalue weighted by Crippen LogP contribution is 2.32. The van der Waals surface area contributed by atoms with Crippen LogP contribution in [0.25, 0.3) is 0 Å². The van der Waals surface area contributed by atoms with Crippen LogP contribution >= 0.6 is 12.4 Å². The first-order valence-electron chi connectivity index (χ1n) is 7.22. The van der Waals surface area contributed by atoms with E-state index in [1.54, 1.807) is 0 Å². The molecule has 0 saturated carbocycles. The fourth-order valence-electron chi connectivity index (χ4n) is 3.37. The molecule has 0 aliphatic carbocycles. The van der Waals surface area contributed by atoms with Crippen molar-refractivity contribution in [3.05, 3.63) is 0 Å². The Morgan fingerprint density at radius 2 is 1.95 bits per heavy atom. The maximum atomic E-state index is 12.1. The number of piperazine rings is 1. The SMILES string of the molecule is CC1CN(CCC(=O)N2CCNCC2)C(C)(C)C1.Cl. The highest BCUT2D eigenvalue weighted by atomic mass is 35.5. The van der Waals surface area contributed by atoms with Crippen molar-refractivity contribution >= 4 is 18.3 Å². The summed E-state index contributed by atoms with van der Waals surface area (Å²) >= 11 is 0. The van der Waals surface area contributed by atoms with E-state index >= 15 is 0 Å². The molecule has 5 heteroatoms. The summed E-state index contributed by atoms with van der Waals surface area (Å²) in [7, 11) is 0. The molecule has 19 heavy (non-hydrogen) atoms. The Labute approximate surface area is 123 Å². The smallest absolute Gasteiger partial charge is 0.223 e. The van der Waals surface area contributed by atoms with Crippen molar-refractivity contribution in [3.63, 3.8) is 0 Å². The van der Waals surface area contributed by atoms with Gasteiger partial charge in [-0.3, -0.25) is 9.69 Å². The summed E-state index contributed by atoms with van der Waals surface area (Å²) in [5.74, 6) is 1.08. The van der Waals surface area contributed by atoms with Gasteiger partial charge in [0.1, 0.15) is 0 Å². The molecule has 0 aromatic carbocycles. The average molecular weight is 290 g/mol. The second-order valence-corrected chi connectivity index (χ2v) is 6.45. The van der Waals surface area contributed by atoms with Gasteiger partial charge in [-0.05, 0) is 26.2 Å². The van der Waals surface area contributed by atoms with Gasteiger partial charge in [0.05, 0.1) is 0 Å². The largest absolute Gasteiger partial charge is 0.340 e. The number of rotatable bonds is 3. The first kappa shape index (κ1) is 16.7. The van der Waals surface area contributed by atoms with E-state index in [0.717, 1.165) is 45.2 Å². The van der Waals surface area contributed by atoms with E-state index in [9.17, 15) is 4.79 Å². The van der Waals surface area contributed by atoms with Crippen LogP contribution in [0.4, 0.5) is 0 Å². The highest BCUT2D eigenvalue weighted by Gasteiger charge is 2.36. The summed E-state index contributed by atoms with van der Waals surface area (Å²) in [5.41, 5.74) is 0.267. The van der Waals surface area contributed by atoms with Crippen molar-refractivity contribution < 1.29 is 4.79 Å². The lowest BCUT2D eigenvalue weighted by Crippen LogP contribution is -2.47. The van der Waals surface area contributed by atoms with Crippen molar-refractivity contribution in [2.24, 2.45) is 5.92 Å². The Hall–Kier alpha value is -0.320. The Morgan fingerprint density at radius 3 is 2.47 bits per heavy atom. The maximum absolute atomic E-state index is 12.1. The molecule has 0 radical (unpaired) electrons. The zero-order valence-electron chi connectivity index (χ0n) is 12.4. The molecule has 2 heterocycles. The van der Waals surface area contributed by atoms with Gasteiger partial charge in [0.25, 0.3) is 0 Å². The lowest BCUT2D eigenvalue weighted by atomic mass is 9.97. The lowest BCUT2D eigenvalue weighted by Gasteiger charge is -2.33. The Morgan fingerprint density at radius 1 is 1.32 bits per heavy atom. The van der Waals surface area contributed by atoms with Gasteiger partial charge >= 0.3 is 0 Å². The monoisotopic (exact) mass is 289 g/mol. The van der Waals surface area contributed by atoms with E-state index in [1.807, 2.05) is 4.90 Å². The van der Waals surface area contributed by atoms with Gasteiger partial charge in [0.2, 0.25) is 5.91 Å². The molecular formula is C14H28ClN3O. The Bertz CT molecular complexity index is 303. The molecule has 1 unspecified atom stereocenters. The van der Waals surface area contributed by atoms with Crippen molar-refractivity contribution in [3.8, 4) is 0 Å². The maximum Gasteiger partial charge on any atom is 0.223 e. The number of nitrogens with one attached hydrogen (secondary N) is 1. The van der Waals surface area contributed by atoms with Crippen molar-refractivity contribution in [2.75, 3.05) is 39.3 Å². The molecule has 1 amide bonds. The van der Waals surface area contributed by atoms with Crippen LogP contribution < -0.4 is 5.32 Å². The Balaban J connectivity index is 0.00000180. The molecule has 4 nitrogen and oxygen atoms in total. The van der Waals surface area contributed by atoms with Crippen LogP contribution in [0.5, 0.6) is 0 Å². The minimum absolute atomic E-state index is 0. The number of hydrogen-bond acceptors (Lipinski definition) is 3. The molecule has 2 aliphatic rings. The molecule has 2 fully saturated rings. The average Bonchev–Trinajstić information content (AvgIpc) is 2.60. The minimum atomic E-state index is 0. The lowest BCUT2D eigenvalue weighted by molar-refractivity contribution is -0.132. The molecule has 0 aromatic heterocycles. The summed E-state index contributed by atoms with van der Waals surface area (Å²) in [6, 6.07) is 0. The van der Waals surface area contributed by atoms with E-state index in [1.165, 1.54) is 6.42 Å². The molecule has 2 aliphatic heterocycles. The molecule has 1 atom stereocenters. The van der Waals surface area contributed by atoms with E-state index in [2.05, 4.69) is 31.0 Å². The van der Waals surface area contributed by atoms with Gasteiger partial charge in [-0.2, -0.15) is 0 Å². The number of hydrogen-bond donors (Lipinski definition) is 1. The summed E-state index contributed by atoms with van der Waals surface area (Å²) in [5, 5.41) is 3.28. The number of nitrogens with zero attached hydrogens (tertiary/aromatic N) is 2. The predicted octanol–water partition coefficient (Wildman–Crippen LogP) is 1.35. The van der Waals surface area contributed by atoms with Gasteiger partial charge in [0.15, 0.2) is 0 Å². The van der Waals surface area contributed by atoms with Gasteiger partial charge in [-0.15, -0.1) is 12.4 Å².